The molecule has 1 saturated heterocycles. The molecule has 1 atom stereocenters. The van der Waals surface area contributed by atoms with Crippen molar-refractivity contribution in [3.8, 4) is 0 Å². The first-order chi connectivity index (χ1) is 11.6. The number of primary amides is 1. The number of aromatic nitrogens is 1. The molecule has 0 unspecified atom stereocenters. The Kier molecular flexibility index (Phi) is 3.71. The van der Waals surface area contributed by atoms with Gasteiger partial charge in [-0.1, -0.05) is 18.2 Å². The molecule has 1 aliphatic carbocycles. The third kappa shape index (κ3) is 2.75. The van der Waals surface area contributed by atoms with Crippen LogP contribution in [-0.4, -0.2) is 34.8 Å². The van der Waals surface area contributed by atoms with Crippen LogP contribution in [0.25, 0.3) is 10.9 Å². The zero-order valence-electron chi connectivity index (χ0n) is 13.6. The maximum atomic E-state index is 12.4. The molecule has 2 N–H and O–H groups in total. The summed E-state index contributed by atoms with van der Waals surface area (Å²) in [5.41, 5.74) is 7.70. The van der Waals surface area contributed by atoms with Crippen molar-refractivity contribution in [2.45, 2.75) is 31.6 Å². The van der Waals surface area contributed by atoms with Crippen LogP contribution in [0, 0.1) is 5.92 Å². The number of fused-ring (bicyclic) bond motifs is 1. The fourth-order valence-corrected chi connectivity index (χ4v) is 3.63. The molecule has 1 saturated carbocycles. The smallest absolute Gasteiger partial charge is 0.250 e. The predicted molar refractivity (Wildman–Crippen MR) is 91.5 cm³/mol. The highest BCUT2D eigenvalue weighted by molar-refractivity contribution is 5.97. The highest BCUT2D eigenvalue weighted by atomic mass is 16.2. The zero-order valence-corrected chi connectivity index (χ0v) is 13.6. The molecule has 0 spiro atoms. The number of nitrogens with two attached hydrogens (primary N) is 1. The quantitative estimate of drug-likeness (QED) is 0.942. The summed E-state index contributed by atoms with van der Waals surface area (Å²) >= 11 is 0. The Labute approximate surface area is 140 Å². The molecule has 4 rings (SSSR count). The largest absolute Gasteiger partial charge is 0.366 e. The number of hydrogen-bond donors (Lipinski definition) is 1. The monoisotopic (exact) mass is 323 g/mol. The van der Waals surface area contributed by atoms with E-state index >= 15 is 0 Å². The van der Waals surface area contributed by atoms with E-state index in [1.54, 1.807) is 0 Å². The maximum absolute atomic E-state index is 12.4. The van der Waals surface area contributed by atoms with Gasteiger partial charge in [0.1, 0.15) is 0 Å². The Balaban J connectivity index is 1.69. The Hall–Kier alpha value is -2.43. The fraction of sp³-hybridized carbons (Fsp3) is 0.421. The van der Waals surface area contributed by atoms with Gasteiger partial charge in [-0.2, -0.15) is 0 Å². The van der Waals surface area contributed by atoms with Crippen molar-refractivity contribution in [1.29, 1.82) is 0 Å². The van der Waals surface area contributed by atoms with Gasteiger partial charge in [-0.05, 0) is 37.8 Å². The molecule has 5 heteroatoms. The molecule has 1 aromatic carbocycles. The van der Waals surface area contributed by atoms with Crippen molar-refractivity contribution in [2.24, 2.45) is 11.7 Å². The lowest BCUT2D eigenvalue weighted by atomic mass is 9.90. The number of pyridine rings is 1. The molecule has 2 aromatic rings. The SMILES string of the molecule is NC(=O)c1cc2ccccc2nc1[C@H]1CCCN(C(=O)C2CC2)C1. The van der Waals surface area contributed by atoms with Gasteiger partial charge in [-0.25, -0.2) is 0 Å². The molecule has 124 valence electrons. The summed E-state index contributed by atoms with van der Waals surface area (Å²) in [5.74, 6) is 0.118. The van der Waals surface area contributed by atoms with Crippen LogP contribution >= 0.6 is 0 Å². The topological polar surface area (TPSA) is 76.3 Å². The van der Waals surface area contributed by atoms with Gasteiger partial charge in [-0.15, -0.1) is 0 Å². The van der Waals surface area contributed by atoms with Crippen molar-refractivity contribution < 1.29 is 9.59 Å². The summed E-state index contributed by atoms with van der Waals surface area (Å²) < 4.78 is 0. The van der Waals surface area contributed by atoms with Crippen molar-refractivity contribution in [2.75, 3.05) is 13.1 Å². The highest BCUT2D eigenvalue weighted by Gasteiger charge is 2.36. The van der Waals surface area contributed by atoms with Crippen molar-refractivity contribution >= 4 is 22.7 Å². The second-order valence-corrected chi connectivity index (χ2v) is 6.88. The van der Waals surface area contributed by atoms with Crippen molar-refractivity contribution in [3.05, 3.63) is 41.6 Å². The Morgan fingerprint density at radius 2 is 1.96 bits per heavy atom. The Morgan fingerprint density at radius 3 is 2.71 bits per heavy atom. The molecule has 2 amide bonds. The fourth-order valence-electron chi connectivity index (χ4n) is 3.63. The summed E-state index contributed by atoms with van der Waals surface area (Å²) in [6.07, 6.45) is 3.90. The minimum Gasteiger partial charge on any atom is -0.366 e. The van der Waals surface area contributed by atoms with E-state index in [1.807, 2.05) is 35.2 Å². The number of carbonyl (C=O) groups is 2. The van der Waals surface area contributed by atoms with Gasteiger partial charge < -0.3 is 10.6 Å². The van der Waals surface area contributed by atoms with Crippen LogP contribution < -0.4 is 5.73 Å². The molecular formula is C19H21N3O2. The second kappa shape index (κ2) is 5.89. The summed E-state index contributed by atoms with van der Waals surface area (Å²) in [6.45, 7) is 1.45. The summed E-state index contributed by atoms with van der Waals surface area (Å²) in [6, 6.07) is 9.57. The van der Waals surface area contributed by atoms with E-state index in [9.17, 15) is 9.59 Å². The van der Waals surface area contributed by atoms with Gasteiger partial charge in [0.2, 0.25) is 5.91 Å². The molecule has 2 heterocycles. The van der Waals surface area contributed by atoms with E-state index in [4.69, 9.17) is 10.7 Å². The van der Waals surface area contributed by atoms with Crippen molar-refractivity contribution in [1.82, 2.24) is 9.88 Å². The first kappa shape index (κ1) is 15.1. The third-order valence-electron chi connectivity index (χ3n) is 5.07. The molecule has 1 aromatic heterocycles. The Morgan fingerprint density at radius 1 is 1.17 bits per heavy atom. The average Bonchev–Trinajstić information content (AvgIpc) is 3.45. The van der Waals surface area contributed by atoms with Crippen LogP contribution in [0.4, 0.5) is 0 Å². The van der Waals surface area contributed by atoms with Crippen LogP contribution in [0.5, 0.6) is 0 Å². The molecule has 1 aliphatic heterocycles. The number of rotatable bonds is 3. The number of likely N-dealkylation sites (tertiary alicyclic amines) is 1. The van der Waals surface area contributed by atoms with Crippen molar-refractivity contribution in [3.63, 3.8) is 0 Å². The van der Waals surface area contributed by atoms with Gasteiger partial charge in [0.25, 0.3) is 5.91 Å². The van der Waals surface area contributed by atoms with Crippen LogP contribution in [0.1, 0.15) is 47.7 Å². The second-order valence-electron chi connectivity index (χ2n) is 6.88. The van der Waals surface area contributed by atoms with Crippen LogP contribution in [-0.2, 0) is 4.79 Å². The molecule has 24 heavy (non-hydrogen) atoms. The van der Waals surface area contributed by atoms with Crippen LogP contribution in [0.3, 0.4) is 0 Å². The number of benzene rings is 1. The number of hydrogen-bond acceptors (Lipinski definition) is 3. The van der Waals surface area contributed by atoms with E-state index < -0.39 is 5.91 Å². The van der Waals surface area contributed by atoms with E-state index in [2.05, 4.69) is 0 Å². The van der Waals surface area contributed by atoms with E-state index in [1.165, 1.54) is 0 Å². The van der Waals surface area contributed by atoms with Gasteiger partial charge in [0.05, 0.1) is 16.8 Å². The summed E-state index contributed by atoms with van der Waals surface area (Å²) in [5, 5.41) is 0.914. The van der Waals surface area contributed by atoms with Crippen LogP contribution in [0.2, 0.25) is 0 Å². The predicted octanol–water partition coefficient (Wildman–Crippen LogP) is 2.45. The van der Waals surface area contributed by atoms with Gasteiger partial charge in [0, 0.05) is 30.3 Å². The van der Waals surface area contributed by atoms with Crippen LogP contribution in [0.15, 0.2) is 30.3 Å². The van der Waals surface area contributed by atoms with E-state index in [0.717, 1.165) is 48.8 Å². The molecule has 5 nitrogen and oxygen atoms in total. The van der Waals surface area contributed by atoms with E-state index in [0.29, 0.717) is 12.1 Å². The molecule has 0 bridgehead atoms. The lowest BCUT2D eigenvalue weighted by Gasteiger charge is -2.33. The minimum atomic E-state index is -0.450. The molecule has 2 fully saturated rings. The summed E-state index contributed by atoms with van der Waals surface area (Å²) in [7, 11) is 0. The van der Waals surface area contributed by atoms with E-state index in [-0.39, 0.29) is 17.7 Å². The normalized spacial score (nSPS) is 21.0. The van der Waals surface area contributed by atoms with Gasteiger partial charge >= 0.3 is 0 Å². The standard InChI is InChI=1S/C19H21N3O2/c20-18(23)15-10-13-4-1-2-6-16(13)21-17(15)14-5-3-9-22(11-14)19(24)12-7-8-12/h1-2,4,6,10,12,14H,3,5,7-9,11H2,(H2,20,23)/t14-/m0/s1. The first-order valence-electron chi connectivity index (χ1n) is 8.62. The van der Waals surface area contributed by atoms with Gasteiger partial charge in [-0.3, -0.25) is 14.6 Å². The zero-order chi connectivity index (χ0) is 16.7. The average molecular weight is 323 g/mol. The number of nitrogens with zero attached hydrogens (tertiary/aromatic N) is 2. The number of piperidine rings is 1. The Bertz CT molecular complexity index is 813. The maximum Gasteiger partial charge on any atom is 0.250 e. The first-order valence-corrected chi connectivity index (χ1v) is 8.62. The van der Waals surface area contributed by atoms with Gasteiger partial charge in [0.15, 0.2) is 0 Å². The highest BCUT2D eigenvalue weighted by Crippen LogP contribution is 2.35. The molecule has 0 radical (unpaired) electrons. The summed E-state index contributed by atoms with van der Waals surface area (Å²) in [4.78, 5) is 31.0. The number of para-hydroxylation sites is 1. The molecule has 2 aliphatic rings. The third-order valence-corrected chi connectivity index (χ3v) is 5.07. The molecular weight excluding hydrogens is 302 g/mol. The number of carbonyl (C=O) groups excluding carboxylic acids is 2. The number of amides is 2. The minimum absolute atomic E-state index is 0.0774. The lowest BCUT2D eigenvalue weighted by Crippen LogP contribution is -2.40. The lowest BCUT2D eigenvalue weighted by molar-refractivity contribution is -0.133.